The van der Waals surface area contributed by atoms with Crippen molar-refractivity contribution in [1.29, 1.82) is 0 Å². The van der Waals surface area contributed by atoms with E-state index < -0.39 is 0 Å². The molecule has 1 aromatic rings. The van der Waals surface area contributed by atoms with Gasteiger partial charge in [0.15, 0.2) is 0 Å². The fourth-order valence-corrected chi connectivity index (χ4v) is 3.23. The quantitative estimate of drug-likeness (QED) is 0.625. The molecule has 0 unspecified atom stereocenters. The van der Waals surface area contributed by atoms with Crippen molar-refractivity contribution < 1.29 is 9.53 Å². The summed E-state index contributed by atoms with van der Waals surface area (Å²) in [5.74, 6) is -0.181. The molecule has 1 aliphatic heterocycles. The predicted molar refractivity (Wildman–Crippen MR) is 87.9 cm³/mol. The first-order valence-corrected chi connectivity index (χ1v) is 8.05. The first kappa shape index (κ1) is 16.1. The van der Waals surface area contributed by atoms with Crippen molar-refractivity contribution in [2.45, 2.75) is 38.5 Å². The third-order valence-corrected chi connectivity index (χ3v) is 4.19. The summed E-state index contributed by atoms with van der Waals surface area (Å²) >= 11 is 1.84. The molecule has 0 aliphatic carbocycles. The highest BCUT2D eigenvalue weighted by atomic mass is 32.2. The molecule has 0 N–H and O–H groups in total. The number of carbonyl (C=O) groups is 1. The maximum atomic E-state index is 12.0. The van der Waals surface area contributed by atoms with Crippen molar-refractivity contribution in [2.75, 3.05) is 13.1 Å². The molecule has 0 bridgehead atoms. The second kappa shape index (κ2) is 7.14. The van der Waals surface area contributed by atoms with Crippen LogP contribution in [0.5, 0.6) is 0 Å². The van der Waals surface area contributed by atoms with E-state index in [1.165, 1.54) is 0 Å². The van der Waals surface area contributed by atoms with Gasteiger partial charge in [-0.3, -0.25) is 0 Å². The fourth-order valence-electron chi connectivity index (χ4n) is 2.12. The molecule has 0 atom stereocenters. The van der Waals surface area contributed by atoms with Crippen LogP contribution in [0.4, 0.5) is 0 Å². The van der Waals surface area contributed by atoms with Crippen LogP contribution < -0.4 is 0 Å². The zero-order valence-corrected chi connectivity index (χ0v) is 13.8. The minimum Gasteiger partial charge on any atom is -0.457 e. The molecule has 0 fully saturated rings. The Labute approximate surface area is 131 Å². The van der Waals surface area contributed by atoms with Crippen molar-refractivity contribution in [2.24, 2.45) is 0 Å². The van der Waals surface area contributed by atoms with Crippen LogP contribution in [0, 0.1) is 0 Å². The van der Waals surface area contributed by atoms with Gasteiger partial charge < -0.3 is 4.74 Å². The Hall–Kier alpha value is -1.26. The Kier molecular flexibility index (Phi) is 5.48. The smallest absolute Gasteiger partial charge is 0.334 e. The van der Waals surface area contributed by atoms with Crippen molar-refractivity contribution in [3.8, 4) is 0 Å². The first-order chi connectivity index (χ1) is 9.94. The van der Waals surface area contributed by atoms with Gasteiger partial charge in [0.2, 0.25) is 0 Å². The van der Waals surface area contributed by atoms with Crippen LogP contribution in [0.15, 0.2) is 42.0 Å². The van der Waals surface area contributed by atoms with Crippen molar-refractivity contribution in [1.82, 2.24) is 4.31 Å². The Morgan fingerprint density at radius 2 is 2.00 bits per heavy atom. The molecule has 1 aliphatic rings. The van der Waals surface area contributed by atoms with Gasteiger partial charge in [0.25, 0.3) is 0 Å². The number of nitrogens with zero attached hydrogens (tertiary/aromatic N) is 1. The molecule has 0 aromatic heterocycles. The molecule has 2 rings (SSSR count). The van der Waals surface area contributed by atoms with Crippen LogP contribution in [0.25, 0.3) is 0 Å². The molecule has 114 valence electrons. The summed E-state index contributed by atoms with van der Waals surface area (Å²) in [7, 11) is 0. The zero-order chi connectivity index (χ0) is 15.3. The van der Waals surface area contributed by atoms with Gasteiger partial charge in [0, 0.05) is 23.4 Å². The topological polar surface area (TPSA) is 29.5 Å². The normalized spacial score (nSPS) is 16.4. The van der Waals surface area contributed by atoms with Gasteiger partial charge in [0.05, 0.1) is 0 Å². The monoisotopic (exact) mass is 305 g/mol. The number of benzene rings is 1. The van der Waals surface area contributed by atoms with Gasteiger partial charge in [0.1, 0.15) is 6.61 Å². The van der Waals surface area contributed by atoms with E-state index in [9.17, 15) is 4.79 Å². The Morgan fingerprint density at radius 3 is 2.57 bits per heavy atom. The molecule has 1 aromatic carbocycles. The summed E-state index contributed by atoms with van der Waals surface area (Å²) in [5.41, 5.74) is 1.82. The molecule has 3 nitrogen and oxygen atoms in total. The van der Waals surface area contributed by atoms with Gasteiger partial charge in [-0.05, 0) is 32.8 Å². The van der Waals surface area contributed by atoms with Crippen LogP contribution in [0.1, 0.15) is 32.8 Å². The van der Waals surface area contributed by atoms with Gasteiger partial charge in [-0.2, -0.15) is 0 Å². The molecule has 0 amide bonds. The molecule has 0 saturated heterocycles. The van der Waals surface area contributed by atoms with E-state index in [1.807, 2.05) is 48.4 Å². The molecule has 0 spiro atoms. The average molecular weight is 305 g/mol. The third kappa shape index (κ3) is 5.56. The third-order valence-electron chi connectivity index (χ3n) is 3.05. The number of hydrogen-bond donors (Lipinski definition) is 0. The minimum absolute atomic E-state index is 0.181. The second-order valence-electron chi connectivity index (χ2n) is 6.13. The Bertz CT molecular complexity index is 505. The van der Waals surface area contributed by atoms with E-state index in [-0.39, 0.29) is 10.7 Å². The largest absolute Gasteiger partial charge is 0.457 e. The molecule has 1 heterocycles. The van der Waals surface area contributed by atoms with Crippen LogP contribution >= 0.6 is 11.9 Å². The highest BCUT2D eigenvalue weighted by Gasteiger charge is 2.22. The summed E-state index contributed by atoms with van der Waals surface area (Å²) in [5, 5.41) is 0. The second-order valence-corrected chi connectivity index (χ2v) is 8.06. The molecule has 21 heavy (non-hydrogen) atoms. The maximum absolute atomic E-state index is 12.0. The van der Waals surface area contributed by atoms with Crippen LogP contribution in [-0.4, -0.2) is 28.1 Å². The van der Waals surface area contributed by atoms with E-state index in [1.54, 1.807) is 0 Å². The van der Waals surface area contributed by atoms with E-state index in [0.29, 0.717) is 6.61 Å². The lowest BCUT2D eigenvalue weighted by Gasteiger charge is -2.30. The predicted octanol–water partition coefficient (Wildman–Crippen LogP) is 3.81. The van der Waals surface area contributed by atoms with Crippen LogP contribution in [0.2, 0.25) is 0 Å². The van der Waals surface area contributed by atoms with E-state index in [2.05, 4.69) is 25.1 Å². The van der Waals surface area contributed by atoms with Crippen molar-refractivity contribution >= 4 is 17.9 Å². The van der Waals surface area contributed by atoms with Gasteiger partial charge in [-0.1, -0.05) is 48.4 Å². The maximum Gasteiger partial charge on any atom is 0.334 e. The lowest BCUT2D eigenvalue weighted by molar-refractivity contribution is -0.140. The van der Waals surface area contributed by atoms with Gasteiger partial charge in [-0.25, -0.2) is 9.10 Å². The molecular formula is C17H23NO2S. The molecular weight excluding hydrogens is 282 g/mol. The summed E-state index contributed by atoms with van der Waals surface area (Å²) in [6.45, 7) is 8.64. The Balaban J connectivity index is 1.81. The zero-order valence-electron chi connectivity index (χ0n) is 13.0. The van der Waals surface area contributed by atoms with Gasteiger partial charge in [-0.15, -0.1) is 0 Å². The first-order valence-electron chi connectivity index (χ1n) is 7.28. The lowest BCUT2D eigenvalue weighted by Crippen LogP contribution is -2.29. The minimum atomic E-state index is -0.181. The van der Waals surface area contributed by atoms with E-state index in [4.69, 9.17) is 4.74 Å². The number of hydrogen-bond acceptors (Lipinski definition) is 4. The lowest BCUT2D eigenvalue weighted by atomic mass is 10.1. The summed E-state index contributed by atoms with van der Waals surface area (Å²) in [6.07, 6.45) is 2.76. The number of rotatable bonds is 4. The molecule has 0 saturated carbocycles. The van der Waals surface area contributed by atoms with Crippen LogP contribution in [-0.2, 0) is 16.1 Å². The number of esters is 1. The number of ether oxygens (including phenoxy) is 1. The standard InChI is InChI=1S/C17H23NO2S/c1-17(2,3)21-18-11-9-15(10-12-18)16(19)20-13-14-7-5-4-6-8-14/h4-9H,10-13H2,1-3H3. The van der Waals surface area contributed by atoms with E-state index in [0.717, 1.165) is 30.6 Å². The number of carbonyl (C=O) groups excluding carboxylic acids is 1. The summed E-state index contributed by atoms with van der Waals surface area (Å²) in [4.78, 5) is 12.0. The Morgan fingerprint density at radius 1 is 1.29 bits per heavy atom. The summed E-state index contributed by atoms with van der Waals surface area (Å²) in [6, 6.07) is 9.78. The van der Waals surface area contributed by atoms with Gasteiger partial charge >= 0.3 is 5.97 Å². The summed E-state index contributed by atoms with van der Waals surface area (Å²) < 4.78 is 7.88. The highest BCUT2D eigenvalue weighted by Crippen LogP contribution is 2.29. The fraction of sp³-hybridized carbons (Fsp3) is 0.471. The SMILES string of the molecule is CC(C)(C)SN1CC=C(C(=O)OCc2ccccc2)CC1. The molecule has 0 radical (unpaired) electrons. The van der Waals surface area contributed by atoms with Crippen molar-refractivity contribution in [3.63, 3.8) is 0 Å². The van der Waals surface area contributed by atoms with E-state index >= 15 is 0 Å². The van der Waals surface area contributed by atoms with Crippen molar-refractivity contribution in [3.05, 3.63) is 47.5 Å². The highest BCUT2D eigenvalue weighted by molar-refractivity contribution is 7.98. The van der Waals surface area contributed by atoms with Crippen LogP contribution in [0.3, 0.4) is 0 Å². The average Bonchev–Trinajstić information content (AvgIpc) is 2.45. The molecule has 4 heteroatoms.